The number of rotatable bonds is 2. The first-order valence-electron chi connectivity index (χ1n) is 3.51. The molecule has 0 unspecified atom stereocenters. The predicted octanol–water partition coefficient (Wildman–Crippen LogP) is -0.499. The van der Waals surface area contributed by atoms with Crippen molar-refractivity contribution < 1.29 is 4.94 Å². The summed E-state index contributed by atoms with van der Waals surface area (Å²) in [5.41, 5.74) is 5.81. The molecule has 0 saturated carbocycles. The minimum Gasteiger partial charge on any atom is -0.302 e. The summed E-state index contributed by atoms with van der Waals surface area (Å²) in [5.74, 6) is 0. The fourth-order valence-electron chi connectivity index (χ4n) is 0.907. The second kappa shape index (κ2) is 2.91. The van der Waals surface area contributed by atoms with Crippen LogP contribution in [0.5, 0.6) is 0 Å². The van der Waals surface area contributed by atoms with Crippen LogP contribution < -0.4 is 10.9 Å². The van der Waals surface area contributed by atoms with Crippen molar-refractivity contribution in [1.82, 2.24) is 21.2 Å². The molecule has 0 amide bonds. The van der Waals surface area contributed by atoms with Gasteiger partial charge < -0.3 is 10.9 Å². The van der Waals surface area contributed by atoms with Gasteiger partial charge in [0.2, 0.25) is 0 Å². The lowest BCUT2D eigenvalue weighted by atomic mass is 10.7. The van der Waals surface area contributed by atoms with Crippen molar-refractivity contribution in [2.24, 2.45) is 0 Å². The molecule has 0 radical (unpaired) electrons. The molecule has 0 aromatic heterocycles. The highest BCUT2D eigenvalue weighted by Crippen LogP contribution is 1.99. The number of hydrazine groups is 2. The Morgan fingerprint density at radius 3 is 1.91 bits per heavy atom. The molecule has 0 atom stereocenters. The summed E-state index contributed by atoms with van der Waals surface area (Å²) in [5, 5.41) is 3.25. The largest absolute Gasteiger partial charge is 0.302 e. The Hall–Kier alpha value is -1.04. The smallest absolute Gasteiger partial charge is 0.0670 e. The molecule has 2 rings (SSSR count). The van der Waals surface area contributed by atoms with Crippen molar-refractivity contribution in [2.75, 3.05) is 13.1 Å². The topological polar surface area (TPSA) is 39.8 Å². The molecule has 0 aromatic rings. The lowest BCUT2D eigenvalue weighted by Crippen LogP contribution is -2.41. The van der Waals surface area contributed by atoms with Crippen LogP contribution in [0.2, 0.25) is 0 Å². The van der Waals surface area contributed by atoms with Crippen LogP contribution in [0.3, 0.4) is 0 Å². The van der Waals surface area contributed by atoms with Crippen LogP contribution in [0.15, 0.2) is 24.6 Å². The highest BCUT2D eigenvalue weighted by Gasteiger charge is 2.12. The molecule has 0 aromatic carbocycles. The first-order chi connectivity index (χ1) is 5.45. The second-order valence-electron chi connectivity index (χ2n) is 2.27. The Kier molecular flexibility index (Phi) is 1.76. The monoisotopic (exact) mass is 154 g/mol. The molecular formula is C6H10N4O. The van der Waals surface area contributed by atoms with Crippen molar-refractivity contribution in [3.8, 4) is 0 Å². The normalized spacial score (nSPS) is 24.0. The zero-order chi connectivity index (χ0) is 7.52. The fraction of sp³-hybridized carbons (Fsp3) is 0.333. The van der Waals surface area contributed by atoms with Crippen LogP contribution in [-0.2, 0) is 4.94 Å². The van der Waals surface area contributed by atoms with Gasteiger partial charge in [-0.3, -0.25) is 0 Å². The van der Waals surface area contributed by atoms with Gasteiger partial charge in [0.25, 0.3) is 0 Å². The molecule has 0 saturated heterocycles. The van der Waals surface area contributed by atoms with Crippen LogP contribution >= 0.6 is 0 Å². The Bertz CT molecular complexity index is 155. The predicted molar refractivity (Wildman–Crippen MR) is 39.0 cm³/mol. The standard InChI is InChI=1S/C6H10N4O/c1-3-7-9(5-1)11-10-6-2-4-8-10/h1-4,7-8H,5-6H2. The molecule has 2 aliphatic rings. The van der Waals surface area contributed by atoms with E-state index in [1.54, 1.807) is 10.3 Å². The summed E-state index contributed by atoms with van der Waals surface area (Å²) in [6.45, 7) is 1.52. The lowest BCUT2D eigenvalue weighted by molar-refractivity contribution is -0.343. The number of nitrogens with one attached hydrogen (secondary N) is 2. The molecule has 2 heterocycles. The highest BCUT2D eigenvalue weighted by molar-refractivity contribution is 4.87. The van der Waals surface area contributed by atoms with Gasteiger partial charge in [-0.25, -0.2) is 0 Å². The third-order valence-electron chi connectivity index (χ3n) is 1.41. The summed E-state index contributed by atoms with van der Waals surface area (Å²) in [4.78, 5) is 5.29. The Balaban J connectivity index is 1.73. The van der Waals surface area contributed by atoms with Gasteiger partial charge >= 0.3 is 0 Å². The molecule has 2 aliphatic heterocycles. The minimum atomic E-state index is 0.762. The maximum Gasteiger partial charge on any atom is 0.0670 e. The summed E-state index contributed by atoms with van der Waals surface area (Å²) < 4.78 is 0. The lowest BCUT2D eigenvalue weighted by Gasteiger charge is -2.21. The molecule has 0 aliphatic carbocycles. The maximum absolute atomic E-state index is 5.29. The second-order valence-corrected chi connectivity index (χ2v) is 2.27. The van der Waals surface area contributed by atoms with Crippen LogP contribution in [0, 0.1) is 0 Å². The van der Waals surface area contributed by atoms with E-state index in [4.69, 9.17) is 4.94 Å². The van der Waals surface area contributed by atoms with Crippen molar-refractivity contribution in [3.05, 3.63) is 24.6 Å². The zero-order valence-corrected chi connectivity index (χ0v) is 6.03. The summed E-state index contributed by atoms with van der Waals surface area (Å²) >= 11 is 0. The van der Waals surface area contributed by atoms with E-state index in [9.17, 15) is 0 Å². The Morgan fingerprint density at radius 2 is 1.55 bits per heavy atom. The van der Waals surface area contributed by atoms with Crippen LogP contribution in [0.25, 0.3) is 0 Å². The minimum absolute atomic E-state index is 0.762. The molecular weight excluding hydrogens is 144 g/mol. The van der Waals surface area contributed by atoms with Crippen LogP contribution in [-0.4, -0.2) is 23.4 Å². The molecule has 5 nitrogen and oxygen atoms in total. The molecule has 60 valence electrons. The number of hydrogen-bond acceptors (Lipinski definition) is 5. The number of hydrogen-bond donors (Lipinski definition) is 2. The van der Waals surface area contributed by atoms with Gasteiger partial charge in [0.15, 0.2) is 0 Å². The molecule has 0 spiro atoms. The van der Waals surface area contributed by atoms with Gasteiger partial charge in [-0.2, -0.15) is 4.94 Å². The highest BCUT2D eigenvalue weighted by atomic mass is 16.9. The van der Waals surface area contributed by atoms with Gasteiger partial charge in [0, 0.05) is 12.4 Å². The molecule has 11 heavy (non-hydrogen) atoms. The SMILES string of the molecule is C1=CNN(ON2CC=CN2)C1. The van der Waals surface area contributed by atoms with Crippen molar-refractivity contribution in [3.63, 3.8) is 0 Å². The first kappa shape index (κ1) is 6.66. The zero-order valence-electron chi connectivity index (χ0n) is 6.03. The van der Waals surface area contributed by atoms with Crippen LogP contribution in [0.1, 0.15) is 0 Å². The Morgan fingerprint density at radius 1 is 1.00 bits per heavy atom. The quantitative estimate of drug-likeness (QED) is 0.561. The molecule has 0 fully saturated rings. The number of hydroxylamine groups is 2. The first-order valence-corrected chi connectivity index (χ1v) is 3.51. The number of nitrogens with zero attached hydrogens (tertiary/aromatic N) is 2. The van der Waals surface area contributed by atoms with E-state index in [0.29, 0.717) is 0 Å². The van der Waals surface area contributed by atoms with Gasteiger partial charge in [-0.15, -0.1) is 0 Å². The van der Waals surface area contributed by atoms with E-state index in [2.05, 4.69) is 10.9 Å². The third kappa shape index (κ3) is 1.51. The fourth-order valence-corrected chi connectivity index (χ4v) is 0.907. The van der Waals surface area contributed by atoms with E-state index in [-0.39, 0.29) is 0 Å². The average molecular weight is 154 g/mol. The van der Waals surface area contributed by atoms with E-state index in [1.807, 2.05) is 24.6 Å². The molecule has 5 heteroatoms. The molecule has 0 bridgehead atoms. The van der Waals surface area contributed by atoms with E-state index in [1.165, 1.54) is 0 Å². The summed E-state index contributed by atoms with van der Waals surface area (Å²) in [7, 11) is 0. The van der Waals surface area contributed by atoms with E-state index in [0.717, 1.165) is 13.1 Å². The van der Waals surface area contributed by atoms with Crippen molar-refractivity contribution in [2.45, 2.75) is 0 Å². The van der Waals surface area contributed by atoms with Gasteiger partial charge in [-0.05, 0) is 12.2 Å². The Labute approximate surface area is 64.8 Å². The summed E-state index contributed by atoms with van der Waals surface area (Å²) in [6.07, 6.45) is 7.62. The van der Waals surface area contributed by atoms with Crippen molar-refractivity contribution >= 4 is 0 Å². The van der Waals surface area contributed by atoms with Crippen LogP contribution in [0.4, 0.5) is 0 Å². The van der Waals surface area contributed by atoms with Gasteiger partial charge in [-0.1, -0.05) is 10.3 Å². The van der Waals surface area contributed by atoms with Gasteiger partial charge in [0.1, 0.15) is 0 Å². The third-order valence-corrected chi connectivity index (χ3v) is 1.41. The maximum atomic E-state index is 5.29. The van der Waals surface area contributed by atoms with Gasteiger partial charge in [0.05, 0.1) is 13.1 Å². The van der Waals surface area contributed by atoms with Crippen molar-refractivity contribution in [1.29, 1.82) is 0 Å². The molecule has 2 N–H and O–H groups in total. The average Bonchev–Trinajstić information content (AvgIpc) is 2.60. The summed E-state index contributed by atoms with van der Waals surface area (Å²) in [6, 6.07) is 0. The van der Waals surface area contributed by atoms with E-state index < -0.39 is 0 Å². The van der Waals surface area contributed by atoms with E-state index >= 15 is 0 Å².